The molecule has 180 valence electrons. The molecule has 1 amide bonds. The lowest BCUT2D eigenvalue weighted by molar-refractivity contribution is -0.115. The molecule has 1 aromatic heterocycles. The second-order valence-corrected chi connectivity index (χ2v) is 8.86. The van der Waals surface area contributed by atoms with Crippen LogP contribution in [0.15, 0.2) is 72.9 Å². The van der Waals surface area contributed by atoms with Crippen LogP contribution < -0.4 is 15.5 Å². The summed E-state index contributed by atoms with van der Waals surface area (Å²) in [6, 6.07) is 23.7. The molecule has 1 aliphatic heterocycles. The lowest BCUT2D eigenvalue weighted by Gasteiger charge is -2.34. The highest BCUT2D eigenvalue weighted by Gasteiger charge is 2.15. The minimum atomic E-state index is -0.324. The molecule has 0 saturated carbocycles. The van der Waals surface area contributed by atoms with Crippen molar-refractivity contribution in [3.63, 3.8) is 0 Å². The number of hydrogen-bond acceptors (Lipinski definition) is 7. The molecule has 0 aliphatic carbocycles. The number of nitrogens with one attached hydrogen (secondary N) is 2. The second kappa shape index (κ2) is 10.4. The zero-order chi connectivity index (χ0) is 24.9. The van der Waals surface area contributed by atoms with Crippen LogP contribution in [0.3, 0.4) is 0 Å². The van der Waals surface area contributed by atoms with Gasteiger partial charge in [0.2, 0.25) is 11.9 Å². The van der Waals surface area contributed by atoms with Gasteiger partial charge in [-0.15, -0.1) is 0 Å². The Bertz CT molecular complexity index is 1420. The van der Waals surface area contributed by atoms with Gasteiger partial charge >= 0.3 is 0 Å². The highest BCUT2D eigenvalue weighted by atomic mass is 16.1. The van der Waals surface area contributed by atoms with E-state index in [1.807, 2.05) is 60.8 Å². The van der Waals surface area contributed by atoms with Gasteiger partial charge in [0.25, 0.3) is 0 Å². The summed E-state index contributed by atoms with van der Waals surface area (Å²) in [5, 5.41) is 15.7. The number of carbonyl (C=O) groups excluding carboxylic acids is 1. The number of hydrogen-bond donors (Lipinski definition) is 2. The molecule has 36 heavy (non-hydrogen) atoms. The molecule has 5 rings (SSSR count). The summed E-state index contributed by atoms with van der Waals surface area (Å²) in [6.07, 6.45) is 1.66. The lowest BCUT2D eigenvalue weighted by atomic mass is 10.0. The lowest BCUT2D eigenvalue weighted by Crippen LogP contribution is -2.44. The van der Waals surface area contributed by atoms with Gasteiger partial charge in [-0.2, -0.15) is 5.26 Å². The Kier molecular flexibility index (Phi) is 6.74. The van der Waals surface area contributed by atoms with E-state index in [1.165, 1.54) is 5.69 Å². The number of rotatable bonds is 6. The molecule has 0 unspecified atom stereocenters. The van der Waals surface area contributed by atoms with Gasteiger partial charge < -0.3 is 20.4 Å². The number of likely N-dealkylation sites (N-methyl/N-ethyl adjacent to an activating group) is 1. The molecule has 4 aromatic rings. The monoisotopic (exact) mass is 477 g/mol. The number of fused-ring (bicyclic) bond motifs is 1. The van der Waals surface area contributed by atoms with E-state index in [9.17, 15) is 4.79 Å². The maximum atomic E-state index is 11.7. The van der Waals surface area contributed by atoms with E-state index in [1.54, 1.807) is 0 Å². The van der Waals surface area contributed by atoms with Gasteiger partial charge in [0.15, 0.2) is 0 Å². The second-order valence-electron chi connectivity index (χ2n) is 8.86. The Morgan fingerprint density at radius 2 is 1.78 bits per heavy atom. The Morgan fingerprint density at radius 1 is 1.00 bits per heavy atom. The maximum absolute atomic E-state index is 11.7. The van der Waals surface area contributed by atoms with Crippen LogP contribution in [-0.2, 0) is 4.79 Å². The summed E-state index contributed by atoms with van der Waals surface area (Å²) in [5.74, 6) is 0.210. The molecule has 0 radical (unpaired) electrons. The molecule has 3 aromatic carbocycles. The van der Waals surface area contributed by atoms with Gasteiger partial charge in [0, 0.05) is 60.4 Å². The van der Waals surface area contributed by atoms with Crippen molar-refractivity contribution < 1.29 is 4.79 Å². The smallest absolute Gasteiger partial charge is 0.238 e. The SMILES string of the molecule is CN1CCN(c2cccc(Nc3ncc4cccc(-c5ccc(NC(=O)CC#N)cc5)c4n3)c2)CC1. The molecule has 0 bridgehead atoms. The highest BCUT2D eigenvalue weighted by molar-refractivity contribution is 5.95. The van der Waals surface area contributed by atoms with E-state index in [0.29, 0.717) is 11.6 Å². The molecule has 1 fully saturated rings. The van der Waals surface area contributed by atoms with E-state index < -0.39 is 0 Å². The van der Waals surface area contributed by atoms with Crippen molar-refractivity contribution in [2.45, 2.75) is 6.42 Å². The van der Waals surface area contributed by atoms with E-state index >= 15 is 0 Å². The van der Waals surface area contributed by atoms with Gasteiger partial charge in [-0.1, -0.05) is 36.4 Å². The molecule has 1 saturated heterocycles. The van der Waals surface area contributed by atoms with Gasteiger partial charge in [0.1, 0.15) is 6.42 Å². The van der Waals surface area contributed by atoms with E-state index in [-0.39, 0.29) is 12.3 Å². The number of carbonyl (C=O) groups is 1. The summed E-state index contributed by atoms with van der Waals surface area (Å²) in [7, 11) is 2.16. The van der Waals surface area contributed by atoms with Crippen molar-refractivity contribution in [3.05, 3.63) is 72.9 Å². The predicted molar refractivity (Wildman–Crippen MR) is 143 cm³/mol. The van der Waals surface area contributed by atoms with E-state index in [4.69, 9.17) is 10.2 Å². The van der Waals surface area contributed by atoms with Crippen LogP contribution in [0.2, 0.25) is 0 Å². The predicted octanol–water partition coefficient (Wildman–Crippen LogP) is 4.64. The summed E-state index contributed by atoms with van der Waals surface area (Å²) >= 11 is 0. The number of anilines is 4. The largest absolute Gasteiger partial charge is 0.369 e. The number of para-hydroxylation sites is 1. The average molecular weight is 478 g/mol. The Morgan fingerprint density at radius 3 is 2.56 bits per heavy atom. The minimum Gasteiger partial charge on any atom is -0.369 e. The van der Waals surface area contributed by atoms with Crippen molar-refractivity contribution in [2.75, 3.05) is 48.8 Å². The summed E-state index contributed by atoms with van der Waals surface area (Å²) in [4.78, 5) is 25.8. The molecule has 1 aliphatic rings. The first kappa shape index (κ1) is 23.3. The third-order valence-electron chi connectivity index (χ3n) is 6.30. The molecule has 0 spiro atoms. The van der Waals surface area contributed by atoms with Crippen molar-refractivity contribution in [2.24, 2.45) is 0 Å². The molecular weight excluding hydrogens is 450 g/mol. The summed E-state index contributed by atoms with van der Waals surface area (Å²) < 4.78 is 0. The third kappa shape index (κ3) is 5.27. The van der Waals surface area contributed by atoms with Crippen LogP contribution in [-0.4, -0.2) is 54.0 Å². The average Bonchev–Trinajstić information content (AvgIpc) is 2.89. The van der Waals surface area contributed by atoms with Crippen molar-refractivity contribution in [3.8, 4) is 17.2 Å². The Hall–Kier alpha value is -4.48. The molecule has 2 N–H and O–H groups in total. The van der Waals surface area contributed by atoms with Crippen LogP contribution in [0, 0.1) is 11.3 Å². The first-order valence-corrected chi connectivity index (χ1v) is 11.9. The summed E-state index contributed by atoms with van der Waals surface area (Å²) in [5.41, 5.74) is 5.57. The number of benzene rings is 3. The Balaban J connectivity index is 1.38. The van der Waals surface area contributed by atoms with Crippen molar-refractivity contribution in [1.29, 1.82) is 5.26 Å². The normalized spacial score (nSPS) is 13.8. The molecule has 8 nitrogen and oxygen atoms in total. The van der Waals surface area contributed by atoms with Crippen molar-refractivity contribution in [1.82, 2.24) is 14.9 Å². The number of nitriles is 1. The molecule has 0 atom stereocenters. The number of amides is 1. The summed E-state index contributed by atoms with van der Waals surface area (Å²) in [6.45, 7) is 4.13. The van der Waals surface area contributed by atoms with Crippen LogP contribution in [0.5, 0.6) is 0 Å². The molecule has 2 heterocycles. The van der Waals surface area contributed by atoms with Gasteiger partial charge in [-0.05, 0) is 42.9 Å². The zero-order valence-electron chi connectivity index (χ0n) is 20.1. The van der Waals surface area contributed by atoms with Gasteiger partial charge in [-0.3, -0.25) is 4.79 Å². The van der Waals surface area contributed by atoms with E-state index in [2.05, 4.69) is 50.7 Å². The fourth-order valence-electron chi connectivity index (χ4n) is 4.33. The topological polar surface area (TPSA) is 97.2 Å². The number of aromatic nitrogens is 2. The number of nitrogens with zero attached hydrogens (tertiary/aromatic N) is 5. The fourth-order valence-corrected chi connectivity index (χ4v) is 4.33. The third-order valence-corrected chi connectivity index (χ3v) is 6.30. The van der Waals surface area contributed by atoms with Crippen molar-refractivity contribution >= 4 is 39.8 Å². The van der Waals surface area contributed by atoms with Crippen LogP contribution >= 0.6 is 0 Å². The molecule has 8 heteroatoms. The minimum absolute atomic E-state index is 0.171. The van der Waals surface area contributed by atoms with Gasteiger partial charge in [0.05, 0.1) is 11.6 Å². The maximum Gasteiger partial charge on any atom is 0.238 e. The first-order chi connectivity index (χ1) is 17.6. The van der Waals surface area contributed by atoms with Crippen LogP contribution in [0.25, 0.3) is 22.0 Å². The first-order valence-electron chi connectivity index (χ1n) is 11.9. The zero-order valence-corrected chi connectivity index (χ0v) is 20.1. The Labute approximate surface area is 210 Å². The van der Waals surface area contributed by atoms with E-state index in [0.717, 1.165) is 53.9 Å². The van der Waals surface area contributed by atoms with Crippen LogP contribution in [0.4, 0.5) is 23.0 Å². The van der Waals surface area contributed by atoms with Gasteiger partial charge in [-0.25, -0.2) is 9.97 Å². The number of piperazine rings is 1. The highest BCUT2D eigenvalue weighted by Crippen LogP contribution is 2.29. The standard InChI is InChI=1S/C28H27N7O/c1-34-14-16-35(17-15-34)24-6-3-5-23(18-24)32-28-30-19-21-4-2-7-25(27(21)33-28)20-8-10-22(11-9-20)31-26(36)12-13-29/h2-11,18-19H,12,14-17H2,1H3,(H,31,36)(H,30,32,33). The molecular formula is C28H27N7O. The van der Waals surface area contributed by atoms with Crippen LogP contribution in [0.1, 0.15) is 6.42 Å². The quantitative estimate of drug-likeness (QED) is 0.417. The fraction of sp³-hybridized carbons (Fsp3) is 0.214.